The largest absolute Gasteiger partial charge is 0.465 e. The molecule has 1 atom stereocenters. The van der Waals surface area contributed by atoms with E-state index in [0.29, 0.717) is 25.1 Å². The van der Waals surface area contributed by atoms with Gasteiger partial charge in [0.2, 0.25) is 5.82 Å². The average molecular weight is 517 g/mol. The van der Waals surface area contributed by atoms with Crippen molar-refractivity contribution in [2.24, 2.45) is 13.0 Å². The number of nitrogens with one attached hydrogen (secondary N) is 1. The zero-order valence-electron chi connectivity index (χ0n) is 23.2. The first kappa shape index (κ1) is 29.8. The highest BCUT2D eigenvalue weighted by Crippen LogP contribution is 2.21. The van der Waals surface area contributed by atoms with Gasteiger partial charge in [-0.05, 0) is 45.1 Å². The van der Waals surface area contributed by atoms with E-state index in [-0.39, 0.29) is 36.1 Å². The molecule has 0 saturated carbocycles. The molecular formula is C27H40N4O6. The molecule has 10 nitrogen and oxygen atoms in total. The fourth-order valence-electron chi connectivity index (χ4n) is 3.45. The van der Waals surface area contributed by atoms with Crippen LogP contribution in [0, 0.1) is 5.92 Å². The predicted octanol–water partition coefficient (Wildman–Crippen LogP) is 4.14. The second kappa shape index (κ2) is 13.2. The van der Waals surface area contributed by atoms with Gasteiger partial charge in [0.25, 0.3) is 0 Å². The molecule has 0 aliphatic heterocycles. The number of hydrogen-bond donors (Lipinski definition) is 1. The molecule has 1 aromatic heterocycles. The van der Waals surface area contributed by atoms with Crippen LogP contribution in [0.4, 0.5) is 4.79 Å². The molecule has 0 unspecified atom stereocenters. The molecule has 0 aliphatic rings. The molecule has 0 fully saturated rings. The lowest BCUT2D eigenvalue weighted by atomic mass is 10.00. The Morgan fingerprint density at radius 3 is 2.35 bits per heavy atom. The number of carbonyl (C=O) groups excluding carboxylic acids is 3. The third-order valence-corrected chi connectivity index (χ3v) is 5.35. The highest BCUT2D eigenvalue weighted by molar-refractivity contribution is 5.90. The van der Waals surface area contributed by atoms with Gasteiger partial charge in [-0.1, -0.05) is 38.1 Å². The Morgan fingerprint density at radius 1 is 1.14 bits per heavy atom. The first-order chi connectivity index (χ1) is 17.3. The van der Waals surface area contributed by atoms with Crippen molar-refractivity contribution in [1.82, 2.24) is 19.9 Å². The Kier molecular flexibility index (Phi) is 10.7. The number of amides is 2. The number of ether oxygens (including phenoxy) is 2. The molecule has 0 saturated heterocycles. The minimum absolute atomic E-state index is 0.186. The van der Waals surface area contributed by atoms with Crippen molar-refractivity contribution in [2.75, 3.05) is 20.8 Å². The Labute approximate surface area is 219 Å². The molecule has 1 N–H and O–H groups in total. The summed E-state index contributed by atoms with van der Waals surface area (Å²) < 4.78 is 12.3. The summed E-state index contributed by atoms with van der Waals surface area (Å²) >= 11 is 0. The van der Waals surface area contributed by atoms with Crippen molar-refractivity contribution in [1.29, 1.82) is 0 Å². The number of esters is 1. The first-order valence-electron chi connectivity index (χ1n) is 12.4. The van der Waals surface area contributed by atoms with E-state index in [9.17, 15) is 14.4 Å². The molecule has 2 rings (SSSR count). The molecule has 204 valence electrons. The lowest BCUT2D eigenvalue weighted by Gasteiger charge is -2.24. The molecule has 0 aliphatic carbocycles. The summed E-state index contributed by atoms with van der Waals surface area (Å²) in [6.45, 7) is 9.72. The maximum Gasteiger partial charge on any atom is 0.407 e. The number of alkyl carbamates (subject to hydrolysis) is 1. The maximum atomic E-state index is 12.4. The summed E-state index contributed by atoms with van der Waals surface area (Å²) in [4.78, 5) is 46.4. The van der Waals surface area contributed by atoms with Crippen LogP contribution in [0.25, 0.3) is 11.3 Å². The monoisotopic (exact) mass is 516 g/mol. The first-order valence-corrected chi connectivity index (χ1v) is 12.4. The van der Waals surface area contributed by atoms with E-state index in [2.05, 4.69) is 10.3 Å². The number of rotatable bonds is 11. The van der Waals surface area contributed by atoms with Gasteiger partial charge >= 0.3 is 18.0 Å². The quantitative estimate of drug-likeness (QED) is 0.353. The zero-order valence-corrected chi connectivity index (χ0v) is 23.2. The average Bonchev–Trinajstić information content (AvgIpc) is 3.20. The van der Waals surface area contributed by atoms with E-state index in [4.69, 9.17) is 14.3 Å². The van der Waals surface area contributed by atoms with Crippen molar-refractivity contribution in [3.63, 3.8) is 0 Å². The number of benzene rings is 1. The molecular weight excluding hydrogens is 476 g/mol. The second-order valence-corrected chi connectivity index (χ2v) is 10.4. The smallest absolute Gasteiger partial charge is 0.407 e. The highest BCUT2D eigenvalue weighted by Gasteiger charge is 2.22. The fourth-order valence-corrected chi connectivity index (χ4v) is 3.45. The van der Waals surface area contributed by atoms with Crippen LogP contribution in [0.5, 0.6) is 0 Å². The molecule has 10 heteroatoms. The molecule has 0 radical (unpaired) electrons. The lowest BCUT2D eigenvalue weighted by molar-refractivity contribution is -0.145. The van der Waals surface area contributed by atoms with Crippen LogP contribution in [0.1, 0.15) is 63.6 Å². The Morgan fingerprint density at radius 2 is 1.78 bits per heavy atom. The van der Waals surface area contributed by atoms with Crippen LogP contribution in [0.3, 0.4) is 0 Å². The van der Waals surface area contributed by atoms with Crippen LogP contribution >= 0.6 is 0 Å². The molecule has 1 heterocycles. The zero-order chi connectivity index (χ0) is 27.8. The molecule has 1 aromatic carbocycles. The molecule has 0 bridgehead atoms. The van der Waals surface area contributed by atoms with E-state index in [1.807, 2.05) is 38.1 Å². The summed E-state index contributed by atoms with van der Waals surface area (Å²) in [7, 11) is 4.69. The van der Waals surface area contributed by atoms with Crippen molar-refractivity contribution >= 4 is 18.0 Å². The number of aromatic nitrogens is 2. The summed E-state index contributed by atoms with van der Waals surface area (Å²) in [6.07, 6.45) is 2.35. The Hall–Kier alpha value is -3.40. The van der Waals surface area contributed by atoms with Gasteiger partial charge in [0.1, 0.15) is 5.60 Å². The van der Waals surface area contributed by atoms with Gasteiger partial charge in [-0.25, -0.2) is 14.8 Å². The summed E-state index contributed by atoms with van der Waals surface area (Å²) in [6, 6.07) is 7.37. The Balaban J connectivity index is 2.12. The van der Waals surface area contributed by atoms with Gasteiger partial charge < -0.3 is 19.4 Å². The van der Waals surface area contributed by atoms with Crippen molar-refractivity contribution in [3.05, 3.63) is 41.9 Å². The van der Waals surface area contributed by atoms with Gasteiger partial charge in [-0.15, -0.1) is 0 Å². The number of hydroxylamine groups is 2. The third kappa shape index (κ3) is 9.87. The number of aryl methyl sites for hydroxylation is 1. The third-order valence-electron chi connectivity index (χ3n) is 5.35. The van der Waals surface area contributed by atoms with Gasteiger partial charge in [-0.2, -0.15) is 0 Å². The van der Waals surface area contributed by atoms with Crippen molar-refractivity contribution in [2.45, 2.75) is 65.5 Å². The van der Waals surface area contributed by atoms with E-state index in [0.717, 1.165) is 16.2 Å². The van der Waals surface area contributed by atoms with Crippen LogP contribution in [-0.2, 0) is 32.6 Å². The molecule has 37 heavy (non-hydrogen) atoms. The predicted molar refractivity (Wildman–Crippen MR) is 140 cm³/mol. The number of carbonyl (C=O) groups is 3. The summed E-state index contributed by atoms with van der Waals surface area (Å²) in [5.41, 5.74) is 1.82. The van der Waals surface area contributed by atoms with E-state index >= 15 is 0 Å². The summed E-state index contributed by atoms with van der Waals surface area (Å²) in [5.74, 6) is -0.128. The van der Waals surface area contributed by atoms with Crippen molar-refractivity contribution in [3.8, 4) is 11.3 Å². The lowest BCUT2D eigenvalue weighted by Crippen LogP contribution is -2.40. The standard InChI is InChI=1S/C27H40N4O6/c1-18(2)17-36-23(32)14-13-21(28-26(34)37-27(3,4)5)15-19-9-11-20(12-10-19)22-16-30(6)24(29-22)25(33)31(7)35-8/h9-12,16,18,21H,13-15,17H2,1-8H3,(H,28,34)/t21-/m1/s1. The number of imidazole rings is 1. The number of nitrogens with zero attached hydrogens (tertiary/aromatic N) is 3. The topological polar surface area (TPSA) is 112 Å². The van der Waals surface area contributed by atoms with Gasteiger partial charge in [0, 0.05) is 38.3 Å². The van der Waals surface area contributed by atoms with Crippen LogP contribution < -0.4 is 5.32 Å². The minimum Gasteiger partial charge on any atom is -0.465 e. The van der Waals surface area contributed by atoms with Gasteiger partial charge in [0.05, 0.1) is 19.4 Å². The fraction of sp³-hybridized carbons (Fsp3) is 0.556. The SMILES string of the molecule is CON(C)C(=O)c1nc(-c2ccc(C[C@@H](CCC(=O)OCC(C)C)NC(=O)OC(C)(C)C)cc2)cn1C. The number of hydrogen-bond acceptors (Lipinski definition) is 7. The van der Waals surface area contributed by atoms with E-state index < -0.39 is 11.7 Å². The molecule has 2 amide bonds. The summed E-state index contributed by atoms with van der Waals surface area (Å²) in [5, 5.41) is 4.01. The van der Waals surface area contributed by atoms with Crippen molar-refractivity contribution < 1.29 is 28.7 Å². The van der Waals surface area contributed by atoms with Gasteiger partial charge in [0.15, 0.2) is 0 Å². The van der Waals surface area contributed by atoms with E-state index in [1.165, 1.54) is 14.2 Å². The van der Waals surface area contributed by atoms with Gasteiger partial charge in [-0.3, -0.25) is 14.4 Å². The minimum atomic E-state index is -0.631. The molecule has 0 spiro atoms. The van der Waals surface area contributed by atoms with E-state index in [1.54, 1.807) is 38.6 Å². The normalized spacial score (nSPS) is 12.2. The van der Waals surface area contributed by atoms with Crippen LogP contribution in [-0.4, -0.2) is 65.0 Å². The highest BCUT2D eigenvalue weighted by atomic mass is 16.7. The van der Waals surface area contributed by atoms with Crippen LogP contribution in [0.2, 0.25) is 0 Å². The Bertz CT molecular complexity index is 1060. The second-order valence-electron chi connectivity index (χ2n) is 10.4. The van der Waals surface area contributed by atoms with Crippen LogP contribution in [0.15, 0.2) is 30.5 Å². The maximum absolute atomic E-state index is 12.4. The molecule has 2 aromatic rings.